The number of fused-ring (bicyclic) bond motifs is 2. The Bertz CT molecular complexity index is 781. The van der Waals surface area contributed by atoms with Crippen molar-refractivity contribution >= 4 is 23.4 Å². The molecule has 1 heterocycles. The molecule has 3 rings (SSSR count). The molecule has 0 saturated heterocycles. The lowest BCUT2D eigenvalue weighted by molar-refractivity contribution is -0.114. The highest BCUT2D eigenvalue weighted by Crippen LogP contribution is 2.44. The van der Waals surface area contributed by atoms with Crippen molar-refractivity contribution < 1.29 is 24.5 Å². The van der Waals surface area contributed by atoms with Gasteiger partial charge in [-0.3, -0.25) is 4.79 Å². The standard InChI is InChI=1S/C19H19ClO5/c1-10-6-12-7-11(12)4-2-3-5-13(21)8-14-17(19(24)25-10)15(22)9-16(23)18(14)20/h2-5,9-12,22-23H,6-8H2,1H3/b4-2+,5-3-/t10-,11-,12+/m1/s1. The van der Waals surface area contributed by atoms with Crippen LogP contribution in [0.2, 0.25) is 5.02 Å². The summed E-state index contributed by atoms with van der Waals surface area (Å²) in [5.41, 5.74) is -0.104. The summed E-state index contributed by atoms with van der Waals surface area (Å²) in [6, 6.07) is 0.982. The molecule has 0 amide bonds. The molecule has 0 bridgehead atoms. The van der Waals surface area contributed by atoms with Crippen molar-refractivity contribution in [3.8, 4) is 11.5 Å². The van der Waals surface area contributed by atoms with E-state index in [0.717, 1.165) is 18.9 Å². The van der Waals surface area contributed by atoms with Crippen LogP contribution >= 0.6 is 11.6 Å². The van der Waals surface area contributed by atoms with Crippen molar-refractivity contribution in [2.75, 3.05) is 0 Å². The Hall–Kier alpha value is -2.27. The van der Waals surface area contributed by atoms with Crippen molar-refractivity contribution in [2.45, 2.75) is 32.3 Å². The van der Waals surface area contributed by atoms with Crippen molar-refractivity contribution in [1.82, 2.24) is 0 Å². The molecule has 1 saturated carbocycles. The zero-order chi connectivity index (χ0) is 18.1. The second kappa shape index (κ2) is 6.92. The molecule has 0 spiro atoms. The second-order valence-electron chi connectivity index (χ2n) is 6.58. The largest absolute Gasteiger partial charge is 0.507 e. The number of esters is 1. The first-order chi connectivity index (χ1) is 11.9. The van der Waals surface area contributed by atoms with E-state index in [1.165, 1.54) is 6.08 Å². The fourth-order valence-corrected chi connectivity index (χ4v) is 3.39. The second-order valence-corrected chi connectivity index (χ2v) is 6.96. The molecule has 3 atom stereocenters. The van der Waals surface area contributed by atoms with E-state index in [1.807, 2.05) is 12.2 Å². The Morgan fingerprint density at radius 2 is 1.92 bits per heavy atom. The van der Waals surface area contributed by atoms with Gasteiger partial charge in [0.1, 0.15) is 17.1 Å². The smallest absolute Gasteiger partial charge is 0.342 e. The number of carbonyl (C=O) groups is 2. The van der Waals surface area contributed by atoms with Gasteiger partial charge in [0.2, 0.25) is 0 Å². The number of cyclic esters (lactones) is 1. The molecule has 1 aromatic carbocycles. The molecule has 1 aliphatic carbocycles. The molecular formula is C19H19ClO5. The number of benzene rings is 1. The van der Waals surface area contributed by atoms with Gasteiger partial charge in [0.15, 0.2) is 5.78 Å². The maximum atomic E-state index is 12.5. The number of hydrogen-bond donors (Lipinski definition) is 2. The summed E-state index contributed by atoms with van der Waals surface area (Å²) in [5, 5.41) is 19.8. The number of phenolic OH excluding ortho intramolecular Hbond substituents is 2. The third-order valence-corrected chi connectivity index (χ3v) is 4.97. The molecule has 2 aliphatic rings. The Balaban J connectivity index is 2.01. The molecule has 0 unspecified atom stereocenters. The van der Waals surface area contributed by atoms with E-state index in [1.54, 1.807) is 13.0 Å². The summed E-state index contributed by atoms with van der Waals surface area (Å²) in [6.07, 6.45) is 8.13. The van der Waals surface area contributed by atoms with E-state index >= 15 is 0 Å². The van der Waals surface area contributed by atoms with Gasteiger partial charge < -0.3 is 14.9 Å². The van der Waals surface area contributed by atoms with E-state index in [9.17, 15) is 19.8 Å². The number of rotatable bonds is 0. The molecule has 1 aliphatic heterocycles. The first kappa shape index (κ1) is 17.5. The normalized spacial score (nSPS) is 29.0. The molecule has 25 heavy (non-hydrogen) atoms. The molecule has 1 fully saturated rings. The summed E-state index contributed by atoms with van der Waals surface area (Å²) in [5.74, 6) is -1.01. The SMILES string of the molecule is C[C@@H]1C[C@H]2C[C@H]2/C=C/C=C\C(=O)Cc2c(Cl)c(O)cc(O)c2C(=O)O1. The van der Waals surface area contributed by atoms with Crippen LogP contribution in [-0.2, 0) is 16.0 Å². The third kappa shape index (κ3) is 3.87. The predicted molar refractivity (Wildman–Crippen MR) is 92.9 cm³/mol. The third-order valence-electron chi connectivity index (χ3n) is 4.55. The molecule has 132 valence electrons. The molecule has 2 N–H and O–H groups in total. The number of carbonyl (C=O) groups excluding carboxylic acids is 2. The molecule has 0 aromatic heterocycles. The Kier molecular flexibility index (Phi) is 4.86. The average Bonchev–Trinajstić information content (AvgIpc) is 3.25. The highest BCUT2D eigenvalue weighted by Gasteiger charge is 2.36. The lowest BCUT2D eigenvalue weighted by atomic mass is 10.00. The summed E-state index contributed by atoms with van der Waals surface area (Å²) < 4.78 is 5.44. The van der Waals surface area contributed by atoms with Gasteiger partial charge in [-0.05, 0) is 37.7 Å². The fourth-order valence-electron chi connectivity index (χ4n) is 3.17. The van der Waals surface area contributed by atoms with Crippen LogP contribution in [0, 0.1) is 11.8 Å². The topological polar surface area (TPSA) is 83.8 Å². The maximum Gasteiger partial charge on any atom is 0.342 e. The zero-order valence-corrected chi connectivity index (χ0v) is 14.5. The first-order valence-corrected chi connectivity index (χ1v) is 8.56. The number of halogens is 1. The van der Waals surface area contributed by atoms with E-state index in [2.05, 4.69) is 0 Å². The van der Waals surface area contributed by atoms with Crippen LogP contribution in [0.3, 0.4) is 0 Å². The Morgan fingerprint density at radius 1 is 1.16 bits per heavy atom. The molecule has 0 radical (unpaired) electrons. The summed E-state index contributed by atoms with van der Waals surface area (Å²) in [4.78, 5) is 24.7. The lowest BCUT2D eigenvalue weighted by Crippen LogP contribution is -2.18. The number of aromatic hydroxyl groups is 2. The van der Waals surface area contributed by atoms with Crippen LogP contribution in [0.15, 0.2) is 30.4 Å². The van der Waals surface area contributed by atoms with Crippen molar-refractivity contribution in [3.05, 3.63) is 46.5 Å². The van der Waals surface area contributed by atoms with Crippen molar-refractivity contribution in [1.29, 1.82) is 0 Å². The van der Waals surface area contributed by atoms with Gasteiger partial charge >= 0.3 is 5.97 Å². The molecule has 6 heteroatoms. The predicted octanol–water partition coefficient (Wildman–Crippen LogP) is 3.56. The zero-order valence-electron chi connectivity index (χ0n) is 13.7. The highest BCUT2D eigenvalue weighted by molar-refractivity contribution is 6.33. The minimum atomic E-state index is -0.747. The number of ketones is 1. The van der Waals surface area contributed by atoms with Gasteiger partial charge in [-0.25, -0.2) is 4.79 Å². The Labute approximate surface area is 150 Å². The van der Waals surface area contributed by atoms with Crippen LogP contribution in [0.1, 0.15) is 35.7 Å². The van der Waals surface area contributed by atoms with Crippen LogP contribution in [0.5, 0.6) is 11.5 Å². The molecule has 1 aromatic rings. The van der Waals surface area contributed by atoms with Crippen LogP contribution < -0.4 is 0 Å². The number of hydrogen-bond acceptors (Lipinski definition) is 5. The van der Waals surface area contributed by atoms with E-state index in [0.29, 0.717) is 11.8 Å². The highest BCUT2D eigenvalue weighted by atomic mass is 35.5. The maximum absolute atomic E-state index is 12.5. The number of allylic oxidation sites excluding steroid dienone is 4. The summed E-state index contributed by atoms with van der Waals surface area (Å²) >= 11 is 6.07. The van der Waals surface area contributed by atoms with E-state index in [-0.39, 0.29) is 34.5 Å². The quantitative estimate of drug-likeness (QED) is 0.689. The summed E-state index contributed by atoms with van der Waals surface area (Å²) in [7, 11) is 0. The van der Waals surface area contributed by atoms with Gasteiger partial charge in [0.05, 0.1) is 11.1 Å². The fraction of sp³-hybridized carbons (Fsp3) is 0.368. The van der Waals surface area contributed by atoms with Crippen LogP contribution in [0.4, 0.5) is 0 Å². The van der Waals surface area contributed by atoms with E-state index in [4.69, 9.17) is 16.3 Å². The minimum Gasteiger partial charge on any atom is -0.507 e. The monoisotopic (exact) mass is 362 g/mol. The van der Waals surface area contributed by atoms with Crippen LogP contribution in [-0.4, -0.2) is 28.1 Å². The average molecular weight is 363 g/mol. The van der Waals surface area contributed by atoms with Gasteiger partial charge in [-0.1, -0.05) is 29.8 Å². The van der Waals surface area contributed by atoms with Gasteiger partial charge in [-0.2, -0.15) is 0 Å². The lowest BCUT2D eigenvalue weighted by Gasteiger charge is -2.17. The minimum absolute atomic E-state index is 0.0661. The van der Waals surface area contributed by atoms with Gasteiger partial charge in [-0.15, -0.1) is 0 Å². The van der Waals surface area contributed by atoms with E-state index < -0.39 is 17.5 Å². The molecule has 5 nitrogen and oxygen atoms in total. The van der Waals surface area contributed by atoms with Crippen LogP contribution in [0.25, 0.3) is 0 Å². The van der Waals surface area contributed by atoms with Gasteiger partial charge in [0, 0.05) is 18.1 Å². The number of phenols is 2. The first-order valence-electron chi connectivity index (χ1n) is 8.18. The molecular weight excluding hydrogens is 344 g/mol. The van der Waals surface area contributed by atoms with Crippen molar-refractivity contribution in [3.63, 3.8) is 0 Å². The van der Waals surface area contributed by atoms with Crippen molar-refractivity contribution in [2.24, 2.45) is 11.8 Å². The number of ether oxygens (including phenoxy) is 1. The Morgan fingerprint density at radius 3 is 2.68 bits per heavy atom. The van der Waals surface area contributed by atoms with Gasteiger partial charge in [0.25, 0.3) is 0 Å². The summed E-state index contributed by atoms with van der Waals surface area (Å²) in [6.45, 7) is 1.80.